The first-order valence-corrected chi connectivity index (χ1v) is 7.08. The Hall–Kier alpha value is -1.90. The molecule has 0 fully saturated rings. The summed E-state index contributed by atoms with van der Waals surface area (Å²) in [4.78, 5) is 15.7. The van der Waals surface area contributed by atoms with Crippen molar-refractivity contribution in [2.75, 3.05) is 5.32 Å². The number of halogens is 4. The highest BCUT2D eigenvalue weighted by Crippen LogP contribution is 2.28. The van der Waals surface area contributed by atoms with Crippen LogP contribution in [0.3, 0.4) is 0 Å². The van der Waals surface area contributed by atoms with Crippen molar-refractivity contribution < 1.29 is 18.0 Å². The lowest BCUT2D eigenvalue weighted by molar-refractivity contribution is -0.141. The number of carbonyl (C=O) groups is 1. The Balaban J connectivity index is 1.94. The van der Waals surface area contributed by atoms with Gasteiger partial charge in [-0.25, -0.2) is 4.98 Å². The van der Waals surface area contributed by atoms with Crippen LogP contribution in [0.15, 0.2) is 28.9 Å². The van der Waals surface area contributed by atoms with E-state index in [9.17, 15) is 18.0 Å². The summed E-state index contributed by atoms with van der Waals surface area (Å²) in [5.74, 6) is 0.0275. The number of alkyl halides is 3. The second-order valence-electron chi connectivity index (χ2n) is 4.55. The van der Waals surface area contributed by atoms with Gasteiger partial charge in [0.05, 0.1) is 0 Å². The highest BCUT2D eigenvalue weighted by atomic mass is 79.9. The lowest BCUT2D eigenvalue weighted by Gasteiger charge is -2.06. The third-order valence-electron chi connectivity index (χ3n) is 2.82. The van der Waals surface area contributed by atoms with Crippen LogP contribution >= 0.6 is 15.9 Å². The first-order chi connectivity index (χ1) is 10.3. The summed E-state index contributed by atoms with van der Waals surface area (Å²) in [6, 6.07) is 4.28. The van der Waals surface area contributed by atoms with Crippen molar-refractivity contribution in [1.82, 2.24) is 14.8 Å². The molecule has 1 amide bonds. The first kappa shape index (κ1) is 16.5. The summed E-state index contributed by atoms with van der Waals surface area (Å²) < 4.78 is 39.5. The van der Waals surface area contributed by atoms with E-state index in [0.29, 0.717) is 11.5 Å². The number of carbonyl (C=O) groups excluding carboxylic acids is 1. The number of amides is 1. The summed E-state index contributed by atoms with van der Waals surface area (Å²) in [5.41, 5.74) is -0.609. The lowest BCUT2D eigenvalue weighted by Crippen LogP contribution is -2.16. The number of rotatable bonds is 4. The first-order valence-electron chi connectivity index (χ1n) is 6.29. The topological polar surface area (TPSA) is 59.8 Å². The van der Waals surface area contributed by atoms with Crippen molar-refractivity contribution in [2.45, 2.75) is 26.1 Å². The second kappa shape index (κ2) is 6.47. The van der Waals surface area contributed by atoms with E-state index in [1.807, 2.05) is 0 Å². The predicted octanol–water partition coefficient (Wildman–Crippen LogP) is 3.40. The van der Waals surface area contributed by atoms with Crippen molar-refractivity contribution in [2.24, 2.45) is 0 Å². The predicted molar refractivity (Wildman–Crippen MR) is 77.1 cm³/mol. The third-order valence-corrected chi connectivity index (χ3v) is 3.29. The van der Waals surface area contributed by atoms with Gasteiger partial charge >= 0.3 is 6.18 Å². The van der Waals surface area contributed by atoms with E-state index in [2.05, 4.69) is 31.3 Å². The van der Waals surface area contributed by atoms with Crippen molar-refractivity contribution >= 4 is 27.7 Å². The molecule has 2 rings (SSSR count). The standard InChI is InChI=1S/C13H12BrF3N4O/c1-8-6-10(13(15,16)17)20-21(8)5-4-12(22)19-11-3-2-9(14)7-18-11/h2-3,6-7H,4-5H2,1H3,(H,18,19,22). The van der Waals surface area contributed by atoms with Gasteiger partial charge in [0.15, 0.2) is 5.69 Å². The van der Waals surface area contributed by atoms with Crippen LogP contribution < -0.4 is 5.32 Å². The number of nitrogens with zero attached hydrogens (tertiary/aromatic N) is 3. The number of hydrogen-bond donors (Lipinski definition) is 1. The molecule has 0 saturated heterocycles. The molecule has 0 aromatic carbocycles. The molecule has 9 heteroatoms. The molecule has 0 aliphatic carbocycles. The Morgan fingerprint density at radius 2 is 2.14 bits per heavy atom. The minimum Gasteiger partial charge on any atom is -0.311 e. The summed E-state index contributed by atoms with van der Waals surface area (Å²) in [7, 11) is 0. The normalized spacial score (nSPS) is 11.5. The molecule has 5 nitrogen and oxygen atoms in total. The summed E-state index contributed by atoms with van der Waals surface area (Å²) in [6.07, 6.45) is -2.96. The van der Waals surface area contributed by atoms with Crippen LogP contribution in [0.1, 0.15) is 17.8 Å². The molecule has 0 unspecified atom stereocenters. The Labute approximate surface area is 132 Å². The van der Waals surface area contributed by atoms with E-state index in [1.54, 1.807) is 12.1 Å². The van der Waals surface area contributed by atoms with Crippen LogP contribution in [0.5, 0.6) is 0 Å². The van der Waals surface area contributed by atoms with Crippen LogP contribution in [-0.4, -0.2) is 20.7 Å². The molecule has 0 saturated carbocycles. The Morgan fingerprint density at radius 1 is 1.41 bits per heavy atom. The van der Waals surface area contributed by atoms with Gasteiger partial charge < -0.3 is 5.32 Å². The van der Waals surface area contributed by atoms with Crippen LogP contribution in [0.4, 0.5) is 19.0 Å². The highest BCUT2D eigenvalue weighted by molar-refractivity contribution is 9.10. The van der Waals surface area contributed by atoms with Crippen molar-refractivity contribution in [3.8, 4) is 0 Å². The van der Waals surface area contributed by atoms with Crippen LogP contribution in [0.2, 0.25) is 0 Å². The fourth-order valence-corrected chi connectivity index (χ4v) is 1.97. The third kappa shape index (κ3) is 4.30. The number of aromatic nitrogens is 3. The summed E-state index contributed by atoms with van der Waals surface area (Å²) in [6.45, 7) is 1.57. The molecule has 0 aliphatic rings. The molecule has 1 N–H and O–H groups in total. The van der Waals surface area contributed by atoms with Gasteiger partial charge in [-0.05, 0) is 41.1 Å². The van der Waals surface area contributed by atoms with E-state index >= 15 is 0 Å². The number of nitrogens with one attached hydrogen (secondary N) is 1. The van der Waals surface area contributed by atoms with Crippen LogP contribution in [0.25, 0.3) is 0 Å². The molecular formula is C13H12BrF3N4O. The fourth-order valence-electron chi connectivity index (χ4n) is 1.74. The SMILES string of the molecule is Cc1cc(C(F)(F)F)nn1CCC(=O)Nc1ccc(Br)cn1. The largest absolute Gasteiger partial charge is 0.435 e. The van der Waals surface area contributed by atoms with E-state index in [-0.39, 0.29) is 18.9 Å². The number of anilines is 1. The lowest BCUT2D eigenvalue weighted by atomic mass is 10.3. The molecule has 0 radical (unpaired) electrons. The minimum absolute atomic E-state index is 0.00242. The zero-order valence-corrected chi connectivity index (χ0v) is 13.1. The average Bonchev–Trinajstić information content (AvgIpc) is 2.80. The fraction of sp³-hybridized carbons (Fsp3) is 0.308. The number of pyridine rings is 1. The number of aryl methyl sites for hydroxylation is 2. The van der Waals surface area contributed by atoms with Crippen molar-refractivity contribution in [1.29, 1.82) is 0 Å². The Kier molecular flexibility index (Phi) is 4.84. The highest BCUT2D eigenvalue weighted by Gasteiger charge is 2.34. The van der Waals surface area contributed by atoms with E-state index in [1.165, 1.54) is 13.1 Å². The van der Waals surface area contributed by atoms with Gasteiger partial charge in [0.25, 0.3) is 0 Å². The number of hydrogen-bond acceptors (Lipinski definition) is 3. The van der Waals surface area contributed by atoms with Gasteiger partial charge in [0, 0.05) is 29.3 Å². The molecule has 2 aromatic heterocycles. The molecule has 2 aromatic rings. The molecule has 0 atom stereocenters. The molecule has 0 bridgehead atoms. The van der Waals surface area contributed by atoms with Gasteiger partial charge in [-0.3, -0.25) is 9.48 Å². The molecule has 2 heterocycles. The summed E-state index contributed by atoms with van der Waals surface area (Å²) >= 11 is 3.22. The van der Waals surface area contributed by atoms with Crippen molar-refractivity contribution in [3.63, 3.8) is 0 Å². The molecule has 22 heavy (non-hydrogen) atoms. The molecule has 0 aliphatic heterocycles. The maximum absolute atomic E-state index is 12.5. The van der Waals surface area contributed by atoms with Gasteiger partial charge in [-0.2, -0.15) is 18.3 Å². The zero-order valence-electron chi connectivity index (χ0n) is 11.5. The Morgan fingerprint density at radius 3 is 2.68 bits per heavy atom. The maximum Gasteiger partial charge on any atom is 0.435 e. The zero-order chi connectivity index (χ0) is 16.3. The van der Waals surface area contributed by atoms with Crippen LogP contribution in [-0.2, 0) is 17.5 Å². The van der Waals surface area contributed by atoms with Gasteiger partial charge in [0.1, 0.15) is 5.82 Å². The van der Waals surface area contributed by atoms with Gasteiger partial charge in [-0.1, -0.05) is 0 Å². The molecule has 118 valence electrons. The molecular weight excluding hydrogens is 365 g/mol. The monoisotopic (exact) mass is 376 g/mol. The van der Waals surface area contributed by atoms with E-state index < -0.39 is 11.9 Å². The van der Waals surface area contributed by atoms with Crippen LogP contribution in [0, 0.1) is 6.92 Å². The smallest absolute Gasteiger partial charge is 0.311 e. The van der Waals surface area contributed by atoms with Crippen molar-refractivity contribution in [3.05, 3.63) is 40.3 Å². The quantitative estimate of drug-likeness (QED) is 0.889. The Bertz CT molecular complexity index is 667. The minimum atomic E-state index is -4.49. The van der Waals surface area contributed by atoms with E-state index in [0.717, 1.165) is 15.2 Å². The second-order valence-corrected chi connectivity index (χ2v) is 5.47. The van der Waals surface area contributed by atoms with Gasteiger partial charge in [-0.15, -0.1) is 0 Å². The molecule has 0 spiro atoms. The summed E-state index contributed by atoms with van der Waals surface area (Å²) in [5, 5.41) is 6.02. The average molecular weight is 377 g/mol. The van der Waals surface area contributed by atoms with E-state index in [4.69, 9.17) is 0 Å². The maximum atomic E-state index is 12.5. The van der Waals surface area contributed by atoms with Gasteiger partial charge in [0.2, 0.25) is 5.91 Å².